The molecule has 108 valence electrons. The van der Waals surface area contributed by atoms with Gasteiger partial charge in [-0.05, 0) is 31.2 Å². The van der Waals surface area contributed by atoms with E-state index in [0.29, 0.717) is 32.4 Å². The molecule has 0 fully saturated rings. The third kappa shape index (κ3) is 3.33. The highest BCUT2D eigenvalue weighted by molar-refractivity contribution is 5.76. The number of nitrogens with zero attached hydrogens (tertiary/aromatic N) is 2. The minimum atomic E-state index is -0.276. The third-order valence-corrected chi connectivity index (χ3v) is 3.21. The standard InChI is InChI=1S/C14H19FN4O/c1-19-12-9-10(15)4-5-11(12)18-13(19)6-8-17-14(20)3-2-7-16/h4-5,9H,2-3,6-8,16H2,1H3,(H,17,20). The van der Waals surface area contributed by atoms with Gasteiger partial charge in [-0.1, -0.05) is 0 Å². The second-order valence-electron chi connectivity index (χ2n) is 4.71. The molecule has 1 aromatic heterocycles. The molecule has 2 rings (SSSR count). The van der Waals surface area contributed by atoms with Crippen LogP contribution in [0.15, 0.2) is 18.2 Å². The SMILES string of the molecule is Cn1c(CCNC(=O)CCCN)nc2ccc(F)cc21. The molecule has 0 aliphatic heterocycles. The average Bonchev–Trinajstić information content (AvgIpc) is 2.73. The molecule has 20 heavy (non-hydrogen) atoms. The van der Waals surface area contributed by atoms with E-state index in [9.17, 15) is 9.18 Å². The molecule has 1 amide bonds. The molecule has 2 aromatic rings. The van der Waals surface area contributed by atoms with Gasteiger partial charge in [-0.2, -0.15) is 0 Å². The highest BCUT2D eigenvalue weighted by Gasteiger charge is 2.08. The summed E-state index contributed by atoms with van der Waals surface area (Å²) in [7, 11) is 1.85. The van der Waals surface area contributed by atoms with E-state index in [4.69, 9.17) is 5.73 Å². The highest BCUT2D eigenvalue weighted by atomic mass is 19.1. The van der Waals surface area contributed by atoms with E-state index in [-0.39, 0.29) is 11.7 Å². The maximum absolute atomic E-state index is 13.2. The molecule has 3 N–H and O–H groups in total. The lowest BCUT2D eigenvalue weighted by atomic mass is 10.3. The number of carbonyl (C=O) groups excluding carboxylic acids is 1. The maximum Gasteiger partial charge on any atom is 0.220 e. The van der Waals surface area contributed by atoms with Crippen LogP contribution in [0.4, 0.5) is 4.39 Å². The van der Waals surface area contributed by atoms with Crippen LogP contribution < -0.4 is 11.1 Å². The first-order valence-corrected chi connectivity index (χ1v) is 6.69. The molecular weight excluding hydrogens is 259 g/mol. The number of nitrogens with one attached hydrogen (secondary N) is 1. The fourth-order valence-electron chi connectivity index (χ4n) is 2.10. The minimum absolute atomic E-state index is 0.000239. The Morgan fingerprint density at radius 3 is 3.05 bits per heavy atom. The Kier molecular flexibility index (Phi) is 4.68. The lowest BCUT2D eigenvalue weighted by Crippen LogP contribution is -2.26. The molecule has 0 aliphatic carbocycles. The van der Waals surface area contributed by atoms with Crippen molar-refractivity contribution in [2.24, 2.45) is 12.8 Å². The molecule has 0 saturated heterocycles. The number of hydrogen-bond acceptors (Lipinski definition) is 3. The Morgan fingerprint density at radius 1 is 1.50 bits per heavy atom. The van der Waals surface area contributed by atoms with Crippen LogP contribution in [0.25, 0.3) is 11.0 Å². The zero-order chi connectivity index (χ0) is 14.5. The predicted octanol–water partition coefficient (Wildman–Crippen LogP) is 1.11. The van der Waals surface area contributed by atoms with Gasteiger partial charge in [0.2, 0.25) is 5.91 Å². The minimum Gasteiger partial charge on any atom is -0.356 e. The number of benzene rings is 1. The Balaban J connectivity index is 1.96. The number of nitrogens with two attached hydrogens (primary N) is 1. The zero-order valence-electron chi connectivity index (χ0n) is 11.5. The Hall–Kier alpha value is -1.95. The highest BCUT2D eigenvalue weighted by Crippen LogP contribution is 2.16. The van der Waals surface area contributed by atoms with Gasteiger partial charge in [-0.15, -0.1) is 0 Å². The van der Waals surface area contributed by atoms with E-state index >= 15 is 0 Å². The van der Waals surface area contributed by atoms with Crippen molar-refractivity contribution in [1.29, 1.82) is 0 Å². The number of aryl methyl sites for hydroxylation is 1. The largest absolute Gasteiger partial charge is 0.356 e. The van der Waals surface area contributed by atoms with Crippen molar-refractivity contribution < 1.29 is 9.18 Å². The Morgan fingerprint density at radius 2 is 2.30 bits per heavy atom. The van der Waals surface area contributed by atoms with Crippen molar-refractivity contribution in [3.63, 3.8) is 0 Å². The first-order chi connectivity index (χ1) is 9.61. The van der Waals surface area contributed by atoms with Crippen LogP contribution in [0.2, 0.25) is 0 Å². The van der Waals surface area contributed by atoms with Gasteiger partial charge in [-0.25, -0.2) is 9.37 Å². The molecule has 0 unspecified atom stereocenters. The fraction of sp³-hybridized carbons (Fsp3) is 0.429. The van der Waals surface area contributed by atoms with E-state index in [2.05, 4.69) is 10.3 Å². The van der Waals surface area contributed by atoms with Gasteiger partial charge in [0.1, 0.15) is 11.6 Å². The van der Waals surface area contributed by atoms with Crippen LogP contribution in [0.3, 0.4) is 0 Å². The van der Waals surface area contributed by atoms with Crippen LogP contribution >= 0.6 is 0 Å². The van der Waals surface area contributed by atoms with Gasteiger partial charge in [0.15, 0.2) is 0 Å². The van der Waals surface area contributed by atoms with E-state index in [1.807, 2.05) is 11.6 Å². The molecule has 5 nitrogen and oxygen atoms in total. The van der Waals surface area contributed by atoms with Crippen LogP contribution in [-0.2, 0) is 18.3 Å². The van der Waals surface area contributed by atoms with Crippen LogP contribution in [-0.4, -0.2) is 28.5 Å². The van der Waals surface area contributed by atoms with Crippen molar-refractivity contribution in [2.75, 3.05) is 13.1 Å². The van der Waals surface area contributed by atoms with Crippen molar-refractivity contribution >= 4 is 16.9 Å². The summed E-state index contributed by atoms with van der Waals surface area (Å²) in [5.74, 6) is 0.548. The summed E-state index contributed by atoms with van der Waals surface area (Å²) in [5, 5.41) is 2.83. The summed E-state index contributed by atoms with van der Waals surface area (Å²) in [6.45, 7) is 1.03. The third-order valence-electron chi connectivity index (χ3n) is 3.21. The monoisotopic (exact) mass is 278 g/mol. The van der Waals surface area contributed by atoms with E-state index in [0.717, 1.165) is 16.9 Å². The lowest BCUT2D eigenvalue weighted by Gasteiger charge is -2.05. The summed E-state index contributed by atoms with van der Waals surface area (Å²) in [5.41, 5.74) is 6.87. The van der Waals surface area contributed by atoms with Gasteiger partial charge in [0, 0.05) is 26.4 Å². The number of hydrogen-bond donors (Lipinski definition) is 2. The first-order valence-electron chi connectivity index (χ1n) is 6.69. The first kappa shape index (κ1) is 14.5. The summed E-state index contributed by atoms with van der Waals surface area (Å²) < 4.78 is 15.0. The van der Waals surface area contributed by atoms with Crippen molar-refractivity contribution in [3.8, 4) is 0 Å². The molecule has 6 heteroatoms. The summed E-state index contributed by atoms with van der Waals surface area (Å²) in [6.07, 6.45) is 1.75. The molecule has 0 radical (unpaired) electrons. The van der Waals surface area contributed by atoms with Crippen LogP contribution in [0.5, 0.6) is 0 Å². The molecule has 0 spiro atoms. The second-order valence-corrected chi connectivity index (χ2v) is 4.71. The van der Waals surface area contributed by atoms with Gasteiger partial charge in [0.05, 0.1) is 11.0 Å². The maximum atomic E-state index is 13.2. The van der Waals surface area contributed by atoms with Gasteiger partial charge >= 0.3 is 0 Å². The van der Waals surface area contributed by atoms with Crippen LogP contribution in [0, 0.1) is 5.82 Å². The van der Waals surface area contributed by atoms with Gasteiger partial charge < -0.3 is 15.6 Å². The normalized spacial score (nSPS) is 10.9. The van der Waals surface area contributed by atoms with E-state index < -0.39 is 0 Å². The summed E-state index contributed by atoms with van der Waals surface area (Å²) >= 11 is 0. The second kappa shape index (κ2) is 6.47. The average molecular weight is 278 g/mol. The number of carbonyl (C=O) groups is 1. The Bertz CT molecular complexity index is 608. The molecule has 0 bridgehead atoms. The van der Waals surface area contributed by atoms with Gasteiger partial charge in [-0.3, -0.25) is 4.79 Å². The summed E-state index contributed by atoms with van der Waals surface area (Å²) in [4.78, 5) is 15.9. The Labute approximate surface area is 117 Å². The number of imidazole rings is 1. The number of aromatic nitrogens is 2. The quantitative estimate of drug-likeness (QED) is 0.831. The number of halogens is 1. The van der Waals surface area contributed by atoms with Crippen LogP contribution in [0.1, 0.15) is 18.7 Å². The fourth-order valence-corrected chi connectivity index (χ4v) is 2.10. The van der Waals surface area contributed by atoms with E-state index in [1.54, 1.807) is 6.07 Å². The topological polar surface area (TPSA) is 72.9 Å². The van der Waals surface area contributed by atoms with Crippen molar-refractivity contribution in [3.05, 3.63) is 29.8 Å². The van der Waals surface area contributed by atoms with Crippen molar-refractivity contribution in [2.45, 2.75) is 19.3 Å². The van der Waals surface area contributed by atoms with Gasteiger partial charge in [0.25, 0.3) is 0 Å². The van der Waals surface area contributed by atoms with Crippen molar-refractivity contribution in [1.82, 2.24) is 14.9 Å². The predicted molar refractivity (Wildman–Crippen MR) is 75.7 cm³/mol. The summed E-state index contributed by atoms with van der Waals surface area (Å²) in [6, 6.07) is 4.52. The molecular formula is C14H19FN4O. The molecule has 0 atom stereocenters. The zero-order valence-corrected chi connectivity index (χ0v) is 11.5. The molecule has 0 aliphatic rings. The lowest BCUT2D eigenvalue weighted by molar-refractivity contribution is -0.121. The molecule has 1 heterocycles. The smallest absolute Gasteiger partial charge is 0.220 e. The number of amides is 1. The molecule has 0 saturated carbocycles. The number of fused-ring (bicyclic) bond motifs is 1. The van der Waals surface area contributed by atoms with E-state index in [1.165, 1.54) is 12.1 Å². The molecule has 1 aromatic carbocycles. The number of rotatable bonds is 6.